The summed E-state index contributed by atoms with van der Waals surface area (Å²) in [7, 11) is 0. The monoisotopic (exact) mass is 242 g/mol. The second-order valence-corrected chi connectivity index (χ2v) is 4.57. The summed E-state index contributed by atoms with van der Waals surface area (Å²) in [5, 5.41) is 12.3. The van der Waals surface area contributed by atoms with E-state index >= 15 is 0 Å². The van der Waals surface area contributed by atoms with Crippen molar-refractivity contribution in [3.05, 3.63) is 47.7 Å². The van der Waals surface area contributed by atoms with E-state index < -0.39 is 0 Å². The molecule has 0 amide bonds. The van der Waals surface area contributed by atoms with Gasteiger partial charge >= 0.3 is 0 Å². The molecule has 0 spiro atoms. The molecular formula is C13H10N2OS. The minimum Gasteiger partial charge on any atom is -0.388 e. The van der Waals surface area contributed by atoms with Crippen molar-refractivity contribution in [2.24, 2.45) is 0 Å². The van der Waals surface area contributed by atoms with Crippen LogP contribution in [-0.2, 0) is 6.61 Å². The number of benzene rings is 1. The van der Waals surface area contributed by atoms with E-state index in [9.17, 15) is 0 Å². The molecule has 0 fully saturated rings. The molecule has 0 aliphatic carbocycles. The van der Waals surface area contributed by atoms with Gasteiger partial charge in [0.2, 0.25) is 0 Å². The van der Waals surface area contributed by atoms with Gasteiger partial charge in [-0.2, -0.15) is 0 Å². The van der Waals surface area contributed by atoms with Crippen molar-refractivity contribution in [2.75, 3.05) is 0 Å². The Hall–Kier alpha value is -1.78. The van der Waals surface area contributed by atoms with Crippen LogP contribution in [0.25, 0.3) is 21.3 Å². The molecule has 1 N–H and O–H groups in total. The zero-order chi connectivity index (χ0) is 11.7. The summed E-state index contributed by atoms with van der Waals surface area (Å²) in [6, 6.07) is 10.1. The van der Waals surface area contributed by atoms with E-state index in [1.807, 2.05) is 18.2 Å². The molecule has 0 aliphatic heterocycles. The minimum absolute atomic E-state index is 0.129. The molecule has 3 nitrogen and oxygen atoms in total. The molecule has 3 rings (SSSR count). The average Bonchev–Trinajstić information content (AvgIpc) is 2.82. The predicted octanol–water partition coefficient (Wildman–Crippen LogP) is 2.85. The number of fused-ring (bicyclic) bond motifs is 1. The Morgan fingerprint density at radius 2 is 2.06 bits per heavy atom. The normalized spacial score (nSPS) is 10.9. The summed E-state index contributed by atoms with van der Waals surface area (Å²) < 4.78 is 1.24. The maximum atomic E-state index is 9.05. The zero-order valence-electron chi connectivity index (χ0n) is 9.00. The van der Waals surface area contributed by atoms with Crippen LogP contribution >= 0.6 is 11.3 Å². The van der Waals surface area contributed by atoms with Crippen LogP contribution in [0.1, 0.15) is 5.82 Å². The quantitative estimate of drug-likeness (QED) is 0.751. The molecule has 0 saturated heterocycles. The summed E-state index contributed by atoms with van der Waals surface area (Å²) >= 11 is 1.70. The van der Waals surface area contributed by atoms with E-state index in [1.54, 1.807) is 17.5 Å². The number of hydrogen-bond acceptors (Lipinski definition) is 4. The van der Waals surface area contributed by atoms with Crippen LogP contribution in [0.4, 0.5) is 0 Å². The van der Waals surface area contributed by atoms with Crippen molar-refractivity contribution in [1.29, 1.82) is 0 Å². The Bertz CT molecular complexity index is 663. The maximum absolute atomic E-state index is 9.05. The fourth-order valence-corrected chi connectivity index (χ4v) is 2.76. The molecule has 0 bridgehead atoms. The van der Waals surface area contributed by atoms with E-state index in [0.717, 1.165) is 11.3 Å². The third kappa shape index (κ3) is 1.81. The number of rotatable bonds is 2. The van der Waals surface area contributed by atoms with Crippen LogP contribution in [-0.4, -0.2) is 15.1 Å². The molecule has 4 heteroatoms. The predicted molar refractivity (Wildman–Crippen MR) is 68.8 cm³/mol. The van der Waals surface area contributed by atoms with Gasteiger partial charge in [0, 0.05) is 27.2 Å². The van der Waals surface area contributed by atoms with Crippen molar-refractivity contribution in [1.82, 2.24) is 9.97 Å². The van der Waals surface area contributed by atoms with Gasteiger partial charge in [-0.1, -0.05) is 18.2 Å². The second-order valence-electron chi connectivity index (χ2n) is 3.66. The number of nitrogens with zero attached hydrogens (tertiary/aromatic N) is 2. The maximum Gasteiger partial charge on any atom is 0.154 e. The first-order valence-electron chi connectivity index (χ1n) is 5.28. The lowest BCUT2D eigenvalue weighted by atomic mass is 10.1. The molecule has 0 unspecified atom stereocenters. The number of aliphatic hydroxyl groups excluding tert-OH is 1. The van der Waals surface area contributed by atoms with E-state index in [2.05, 4.69) is 27.5 Å². The SMILES string of the molecule is OCc1nccc(-c2csc3ccccc23)n1. The molecule has 0 aliphatic rings. The lowest BCUT2D eigenvalue weighted by Gasteiger charge is -2.00. The summed E-state index contributed by atoms with van der Waals surface area (Å²) in [4.78, 5) is 8.32. The molecule has 0 atom stereocenters. The Labute approximate surface area is 102 Å². The number of thiophene rings is 1. The standard InChI is InChI=1S/C13H10N2OS/c16-7-13-14-6-5-11(15-13)10-8-17-12-4-2-1-3-9(10)12/h1-6,8,16H,7H2. The molecule has 3 aromatic rings. The molecule has 84 valence electrons. The Morgan fingerprint density at radius 3 is 2.94 bits per heavy atom. The van der Waals surface area contributed by atoms with Crippen molar-refractivity contribution < 1.29 is 5.11 Å². The van der Waals surface area contributed by atoms with Crippen molar-refractivity contribution in [2.45, 2.75) is 6.61 Å². The van der Waals surface area contributed by atoms with Gasteiger partial charge in [-0.3, -0.25) is 0 Å². The molecule has 2 heterocycles. The van der Waals surface area contributed by atoms with Crippen LogP contribution < -0.4 is 0 Å². The highest BCUT2D eigenvalue weighted by molar-refractivity contribution is 7.17. The summed E-state index contributed by atoms with van der Waals surface area (Å²) in [5.41, 5.74) is 1.96. The molecule has 2 aromatic heterocycles. The van der Waals surface area contributed by atoms with E-state index in [4.69, 9.17) is 5.11 Å². The van der Waals surface area contributed by atoms with Crippen molar-refractivity contribution in [3.8, 4) is 11.3 Å². The minimum atomic E-state index is -0.129. The molecule has 0 saturated carbocycles. The largest absolute Gasteiger partial charge is 0.388 e. The molecule has 17 heavy (non-hydrogen) atoms. The smallest absolute Gasteiger partial charge is 0.154 e. The second kappa shape index (κ2) is 4.24. The van der Waals surface area contributed by atoms with Crippen LogP contribution in [0.15, 0.2) is 41.9 Å². The third-order valence-electron chi connectivity index (χ3n) is 2.60. The number of hydrogen-bond donors (Lipinski definition) is 1. The molecule has 0 radical (unpaired) electrons. The average molecular weight is 242 g/mol. The fourth-order valence-electron chi connectivity index (χ4n) is 1.80. The lowest BCUT2D eigenvalue weighted by molar-refractivity contribution is 0.271. The highest BCUT2D eigenvalue weighted by Gasteiger charge is 2.07. The topological polar surface area (TPSA) is 46.0 Å². The van der Waals surface area contributed by atoms with Gasteiger partial charge in [0.15, 0.2) is 5.82 Å². The van der Waals surface area contributed by atoms with Crippen LogP contribution in [0, 0.1) is 0 Å². The molecular weight excluding hydrogens is 232 g/mol. The van der Waals surface area contributed by atoms with E-state index in [-0.39, 0.29) is 6.61 Å². The summed E-state index contributed by atoms with van der Waals surface area (Å²) in [6.45, 7) is -0.129. The van der Waals surface area contributed by atoms with Gasteiger partial charge in [-0.05, 0) is 12.1 Å². The van der Waals surface area contributed by atoms with Gasteiger partial charge in [0.05, 0.1) is 5.69 Å². The number of aliphatic hydroxyl groups is 1. The van der Waals surface area contributed by atoms with Crippen LogP contribution in [0.2, 0.25) is 0 Å². The molecule has 1 aromatic carbocycles. The van der Waals surface area contributed by atoms with E-state index in [0.29, 0.717) is 5.82 Å². The van der Waals surface area contributed by atoms with Crippen molar-refractivity contribution in [3.63, 3.8) is 0 Å². The van der Waals surface area contributed by atoms with Crippen LogP contribution in [0.5, 0.6) is 0 Å². The number of aromatic nitrogens is 2. The Kier molecular flexibility index (Phi) is 2.59. The van der Waals surface area contributed by atoms with Crippen molar-refractivity contribution >= 4 is 21.4 Å². The van der Waals surface area contributed by atoms with Gasteiger partial charge in [0.1, 0.15) is 6.61 Å². The van der Waals surface area contributed by atoms with Gasteiger partial charge in [0.25, 0.3) is 0 Å². The van der Waals surface area contributed by atoms with Gasteiger partial charge in [-0.15, -0.1) is 11.3 Å². The fraction of sp³-hybridized carbons (Fsp3) is 0.0769. The van der Waals surface area contributed by atoms with Gasteiger partial charge in [-0.25, -0.2) is 9.97 Å². The highest BCUT2D eigenvalue weighted by atomic mass is 32.1. The van der Waals surface area contributed by atoms with Gasteiger partial charge < -0.3 is 5.11 Å². The first-order chi connectivity index (χ1) is 8.38. The Balaban J connectivity index is 2.20. The summed E-state index contributed by atoms with van der Waals surface area (Å²) in [5.74, 6) is 0.456. The highest BCUT2D eigenvalue weighted by Crippen LogP contribution is 2.32. The van der Waals surface area contributed by atoms with E-state index in [1.165, 1.54) is 10.1 Å². The van der Waals surface area contributed by atoms with Crippen LogP contribution in [0.3, 0.4) is 0 Å². The first-order valence-corrected chi connectivity index (χ1v) is 6.16. The lowest BCUT2D eigenvalue weighted by Crippen LogP contribution is -1.94. The third-order valence-corrected chi connectivity index (χ3v) is 3.57. The first kappa shape index (κ1) is 10.4. The zero-order valence-corrected chi connectivity index (χ0v) is 9.81. The summed E-state index contributed by atoms with van der Waals surface area (Å²) in [6.07, 6.45) is 1.68. The Morgan fingerprint density at radius 1 is 1.18 bits per heavy atom.